The molecule has 0 unspecified atom stereocenters. The fourth-order valence-electron chi connectivity index (χ4n) is 4.18. The molecule has 0 radical (unpaired) electrons. The van der Waals surface area contributed by atoms with Crippen LogP contribution >= 0.6 is 0 Å². The predicted octanol–water partition coefficient (Wildman–Crippen LogP) is 7.90. The Hall–Kier alpha value is -4.24. The number of aromatic nitrogens is 2. The van der Waals surface area contributed by atoms with Crippen molar-refractivity contribution >= 4 is 17.1 Å². The molecular weight excluding hydrogens is 402 g/mol. The van der Waals surface area contributed by atoms with Crippen LogP contribution in [0.5, 0.6) is 0 Å². The number of aryl methyl sites for hydroxylation is 2. The summed E-state index contributed by atoms with van der Waals surface area (Å²) in [4.78, 5) is 11.5. The maximum atomic E-state index is 4.63. The Morgan fingerprint density at radius 3 is 1.45 bits per heavy atom. The van der Waals surface area contributed by atoms with Gasteiger partial charge in [-0.1, -0.05) is 54.6 Å². The highest BCUT2D eigenvalue weighted by Crippen LogP contribution is 2.38. The van der Waals surface area contributed by atoms with E-state index in [4.69, 9.17) is 0 Å². The lowest BCUT2D eigenvalue weighted by molar-refractivity contribution is 1.24. The van der Waals surface area contributed by atoms with Gasteiger partial charge in [-0.3, -0.25) is 9.97 Å². The van der Waals surface area contributed by atoms with E-state index in [2.05, 4.69) is 114 Å². The molecule has 160 valence electrons. The summed E-state index contributed by atoms with van der Waals surface area (Å²) in [6, 6.07) is 35.8. The average Bonchev–Trinajstić information content (AvgIpc) is 2.86. The van der Waals surface area contributed by atoms with Crippen LogP contribution in [0.1, 0.15) is 11.1 Å². The number of benzene rings is 3. The molecular formula is C30H25N3. The van der Waals surface area contributed by atoms with Crippen molar-refractivity contribution in [3.8, 4) is 22.5 Å². The lowest BCUT2D eigenvalue weighted by Gasteiger charge is -2.26. The van der Waals surface area contributed by atoms with Gasteiger partial charge in [0, 0.05) is 40.6 Å². The summed E-state index contributed by atoms with van der Waals surface area (Å²) in [5, 5.41) is 0. The fraction of sp³-hybridized carbons (Fsp3) is 0.0667. The molecule has 0 spiro atoms. The molecule has 0 aliphatic rings. The summed E-state index contributed by atoms with van der Waals surface area (Å²) in [5.41, 5.74) is 9.80. The number of nitrogens with zero attached hydrogens (tertiary/aromatic N) is 3. The molecule has 2 heterocycles. The van der Waals surface area contributed by atoms with Crippen molar-refractivity contribution in [2.75, 3.05) is 4.90 Å². The number of hydrogen-bond acceptors (Lipinski definition) is 3. The van der Waals surface area contributed by atoms with Crippen molar-refractivity contribution in [3.05, 3.63) is 127 Å². The second-order valence-corrected chi connectivity index (χ2v) is 8.11. The van der Waals surface area contributed by atoms with Gasteiger partial charge in [0.25, 0.3) is 0 Å². The van der Waals surface area contributed by atoms with Crippen LogP contribution in [0.15, 0.2) is 116 Å². The molecule has 5 aromatic rings. The third kappa shape index (κ3) is 4.26. The monoisotopic (exact) mass is 427 g/mol. The van der Waals surface area contributed by atoms with Gasteiger partial charge in [-0.15, -0.1) is 0 Å². The number of rotatable bonds is 5. The molecule has 0 aliphatic heterocycles. The Bertz CT molecular complexity index is 1300. The maximum Gasteiger partial charge on any atom is 0.0731 e. The largest absolute Gasteiger partial charge is 0.310 e. The molecule has 0 atom stereocenters. The summed E-state index contributed by atoms with van der Waals surface area (Å²) in [6.45, 7) is 4.20. The van der Waals surface area contributed by atoms with Gasteiger partial charge in [-0.2, -0.15) is 0 Å². The van der Waals surface area contributed by atoms with E-state index in [0.717, 1.165) is 50.7 Å². The molecule has 0 amide bonds. The first-order valence-electron chi connectivity index (χ1n) is 11.1. The van der Waals surface area contributed by atoms with Crippen LogP contribution < -0.4 is 4.90 Å². The van der Waals surface area contributed by atoms with Gasteiger partial charge in [0.1, 0.15) is 0 Å². The van der Waals surface area contributed by atoms with Crippen LogP contribution in [0.3, 0.4) is 0 Å². The third-order valence-electron chi connectivity index (χ3n) is 5.79. The lowest BCUT2D eigenvalue weighted by Crippen LogP contribution is -2.10. The molecule has 3 nitrogen and oxygen atoms in total. The minimum absolute atomic E-state index is 1.00. The Morgan fingerprint density at radius 2 is 0.970 bits per heavy atom. The van der Waals surface area contributed by atoms with Crippen molar-refractivity contribution in [1.29, 1.82) is 0 Å². The highest BCUT2D eigenvalue weighted by atomic mass is 15.1. The highest BCUT2D eigenvalue weighted by molar-refractivity contribution is 5.82. The predicted molar refractivity (Wildman–Crippen MR) is 137 cm³/mol. The molecule has 33 heavy (non-hydrogen) atoms. The number of hydrogen-bond donors (Lipinski definition) is 0. The standard InChI is InChI=1S/C30H25N3/c1-22-10-8-18-31-29(22)24-12-6-16-27(20-24)33(26-14-4-3-5-15-26)28-17-7-13-25(21-28)30-23(2)11-9-19-32-30/h3-21H,1-2H3. The topological polar surface area (TPSA) is 29.0 Å². The van der Waals surface area contributed by atoms with E-state index in [-0.39, 0.29) is 0 Å². The Kier molecular flexibility index (Phi) is 5.69. The number of para-hydroxylation sites is 1. The van der Waals surface area contributed by atoms with E-state index in [1.807, 2.05) is 30.6 Å². The van der Waals surface area contributed by atoms with Crippen LogP contribution in [-0.2, 0) is 0 Å². The van der Waals surface area contributed by atoms with Gasteiger partial charge in [0.15, 0.2) is 0 Å². The Labute approximate surface area is 195 Å². The van der Waals surface area contributed by atoms with Crippen molar-refractivity contribution in [1.82, 2.24) is 9.97 Å². The normalized spacial score (nSPS) is 10.7. The molecule has 0 bridgehead atoms. The van der Waals surface area contributed by atoms with E-state index in [1.165, 1.54) is 0 Å². The van der Waals surface area contributed by atoms with Crippen LogP contribution in [0, 0.1) is 13.8 Å². The lowest BCUT2D eigenvalue weighted by atomic mass is 10.0. The highest BCUT2D eigenvalue weighted by Gasteiger charge is 2.15. The summed E-state index contributed by atoms with van der Waals surface area (Å²) < 4.78 is 0. The van der Waals surface area contributed by atoms with Gasteiger partial charge < -0.3 is 4.90 Å². The molecule has 3 heteroatoms. The van der Waals surface area contributed by atoms with E-state index >= 15 is 0 Å². The molecule has 0 fully saturated rings. The van der Waals surface area contributed by atoms with Crippen molar-refractivity contribution in [3.63, 3.8) is 0 Å². The Balaban J connectivity index is 1.65. The average molecular weight is 428 g/mol. The molecule has 0 saturated carbocycles. The van der Waals surface area contributed by atoms with Crippen molar-refractivity contribution < 1.29 is 0 Å². The fourth-order valence-corrected chi connectivity index (χ4v) is 4.18. The molecule has 5 rings (SSSR count). The number of anilines is 3. The zero-order chi connectivity index (χ0) is 22.6. The first-order valence-corrected chi connectivity index (χ1v) is 11.1. The maximum absolute atomic E-state index is 4.63. The van der Waals surface area contributed by atoms with E-state index in [0.29, 0.717) is 0 Å². The third-order valence-corrected chi connectivity index (χ3v) is 5.79. The van der Waals surface area contributed by atoms with Gasteiger partial charge in [0.05, 0.1) is 11.4 Å². The Morgan fingerprint density at radius 1 is 0.485 bits per heavy atom. The van der Waals surface area contributed by atoms with Crippen LogP contribution in [0.4, 0.5) is 17.1 Å². The van der Waals surface area contributed by atoms with Crippen LogP contribution in [-0.4, -0.2) is 9.97 Å². The minimum atomic E-state index is 1.00. The minimum Gasteiger partial charge on any atom is -0.310 e. The van der Waals surface area contributed by atoms with Crippen LogP contribution in [0.2, 0.25) is 0 Å². The van der Waals surface area contributed by atoms with Crippen LogP contribution in [0.25, 0.3) is 22.5 Å². The second kappa shape index (κ2) is 9.09. The van der Waals surface area contributed by atoms with E-state index in [1.54, 1.807) is 0 Å². The molecule has 3 aromatic carbocycles. The number of pyridine rings is 2. The summed E-state index contributed by atoms with van der Waals surface area (Å²) in [5.74, 6) is 0. The van der Waals surface area contributed by atoms with Crippen molar-refractivity contribution in [2.45, 2.75) is 13.8 Å². The summed E-state index contributed by atoms with van der Waals surface area (Å²) >= 11 is 0. The first kappa shape index (κ1) is 20.7. The smallest absolute Gasteiger partial charge is 0.0731 e. The SMILES string of the molecule is Cc1cccnc1-c1cccc(N(c2ccccc2)c2cccc(-c3ncccc3C)c2)c1. The zero-order valence-corrected chi connectivity index (χ0v) is 18.8. The van der Waals surface area contributed by atoms with Gasteiger partial charge in [-0.05, 0) is 73.5 Å². The zero-order valence-electron chi connectivity index (χ0n) is 18.8. The summed E-state index contributed by atoms with van der Waals surface area (Å²) in [6.07, 6.45) is 3.70. The summed E-state index contributed by atoms with van der Waals surface area (Å²) in [7, 11) is 0. The first-order chi connectivity index (χ1) is 16.2. The molecule has 2 aromatic heterocycles. The quantitative estimate of drug-likeness (QED) is 0.285. The van der Waals surface area contributed by atoms with E-state index < -0.39 is 0 Å². The van der Waals surface area contributed by atoms with E-state index in [9.17, 15) is 0 Å². The second-order valence-electron chi connectivity index (χ2n) is 8.11. The molecule has 0 N–H and O–H groups in total. The van der Waals surface area contributed by atoms with Crippen molar-refractivity contribution in [2.24, 2.45) is 0 Å². The van der Waals surface area contributed by atoms with Gasteiger partial charge in [-0.25, -0.2) is 0 Å². The molecule has 0 saturated heterocycles. The molecule has 0 aliphatic carbocycles. The van der Waals surface area contributed by atoms with Gasteiger partial charge >= 0.3 is 0 Å². The van der Waals surface area contributed by atoms with Gasteiger partial charge in [0.2, 0.25) is 0 Å².